The molecule has 1 heterocycles. The predicted molar refractivity (Wildman–Crippen MR) is 54.7 cm³/mol. The molecule has 0 aliphatic carbocycles. The van der Waals surface area contributed by atoms with Crippen LogP contribution in [0.25, 0.3) is 0 Å². The zero-order valence-corrected chi connectivity index (χ0v) is 8.75. The molecule has 1 unspecified atom stereocenters. The first-order chi connectivity index (χ1) is 7.70. The molecule has 0 fully saturated rings. The van der Waals surface area contributed by atoms with E-state index >= 15 is 0 Å². The molecule has 0 radical (unpaired) electrons. The maximum absolute atomic E-state index is 11.5. The Morgan fingerprint density at radius 2 is 2.25 bits per heavy atom. The van der Waals surface area contributed by atoms with E-state index in [1.807, 2.05) is 0 Å². The van der Waals surface area contributed by atoms with Gasteiger partial charge in [0.15, 0.2) is 0 Å². The molecule has 0 saturated carbocycles. The number of esters is 1. The number of hydrogen-bond donors (Lipinski definition) is 0. The van der Waals surface area contributed by atoms with Gasteiger partial charge in [-0.05, 0) is 19.1 Å². The quantitative estimate of drug-likeness (QED) is 0.313. The van der Waals surface area contributed by atoms with Gasteiger partial charge in [-0.25, -0.2) is 4.79 Å². The topological polar surface area (TPSA) is 73.3 Å². The highest BCUT2D eigenvalue weighted by Crippen LogP contribution is 2.11. The average molecular weight is 221 g/mol. The molecule has 5 heteroatoms. The number of ether oxygens (including phenoxy) is 1. The normalized spacial score (nSPS) is 11.6. The van der Waals surface area contributed by atoms with Crippen molar-refractivity contribution in [1.82, 2.24) is 4.98 Å². The van der Waals surface area contributed by atoms with Crippen molar-refractivity contribution >= 4 is 18.0 Å². The van der Waals surface area contributed by atoms with Crippen LogP contribution in [0.1, 0.15) is 18.5 Å². The summed E-state index contributed by atoms with van der Waals surface area (Å²) in [6.45, 7) is 1.68. The minimum Gasteiger partial charge on any atom is -0.460 e. The third-order valence-electron chi connectivity index (χ3n) is 1.90. The smallest absolute Gasteiger partial charge is 0.375 e. The van der Waals surface area contributed by atoms with Crippen LogP contribution in [-0.2, 0) is 19.1 Å². The molecular weight excluding hydrogens is 210 g/mol. The SMILES string of the molecule is CCOC(=O)C(=O)C(C=O)c1ccccn1. The first-order valence-corrected chi connectivity index (χ1v) is 4.78. The lowest BCUT2D eigenvalue weighted by Crippen LogP contribution is -2.26. The molecule has 0 spiro atoms. The Kier molecular flexibility index (Phi) is 4.32. The maximum Gasteiger partial charge on any atom is 0.375 e. The monoisotopic (exact) mass is 221 g/mol. The molecule has 5 nitrogen and oxygen atoms in total. The molecule has 1 atom stereocenters. The summed E-state index contributed by atoms with van der Waals surface area (Å²) in [5.41, 5.74) is 0.246. The molecule has 0 bridgehead atoms. The number of carbonyl (C=O) groups excluding carboxylic acids is 3. The van der Waals surface area contributed by atoms with Crippen LogP contribution in [-0.4, -0.2) is 29.6 Å². The van der Waals surface area contributed by atoms with E-state index in [2.05, 4.69) is 9.72 Å². The van der Waals surface area contributed by atoms with Crippen LogP contribution in [0.2, 0.25) is 0 Å². The van der Waals surface area contributed by atoms with Gasteiger partial charge in [-0.15, -0.1) is 0 Å². The van der Waals surface area contributed by atoms with E-state index in [1.54, 1.807) is 19.1 Å². The van der Waals surface area contributed by atoms with Crippen LogP contribution < -0.4 is 0 Å². The van der Waals surface area contributed by atoms with Gasteiger partial charge in [-0.2, -0.15) is 0 Å². The standard InChI is InChI=1S/C11H11NO4/c1-2-16-11(15)10(14)8(7-13)9-5-3-4-6-12-9/h3-8H,2H2,1H3. The fraction of sp³-hybridized carbons (Fsp3) is 0.273. The summed E-state index contributed by atoms with van der Waals surface area (Å²) in [5, 5.41) is 0. The summed E-state index contributed by atoms with van der Waals surface area (Å²) in [5.74, 6) is -3.08. The first kappa shape index (κ1) is 12.0. The van der Waals surface area contributed by atoms with E-state index in [1.165, 1.54) is 12.3 Å². The van der Waals surface area contributed by atoms with Crippen molar-refractivity contribution in [3.63, 3.8) is 0 Å². The number of pyridine rings is 1. The molecule has 1 aromatic rings. The summed E-state index contributed by atoms with van der Waals surface area (Å²) in [4.78, 5) is 37.3. The van der Waals surface area contributed by atoms with E-state index < -0.39 is 17.7 Å². The molecule has 0 aliphatic rings. The van der Waals surface area contributed by atoms with Crippen molar-refractivity contribution in [2.24, 2.45) is 0 Å². The molecule has 0 saturated heterocycles. The van der Waals surface area contributed by atoms with Gasteiger partial charge < -0.3 is 9.53 Å². The lowest BCUT2D eigenvalue weighted by Gasteiger charge is -2.07. The highest BCUT2D eigenvalue weighted by atomic mass is 16.5. The molecular formula is C11H11NO4. The molecule has 0 N–H and O–H groups in total. The fourth-order valence-corrected chi connectivity index (χ4v) is 1.15. The lowest BCUT2D eigenvalue weighted by molar-refractivity contribution is -0.154. The Bertz CT molecular complexity index is 388. The zero-order chi connectivity index (χ0) is 12.0. The number of Topliss-reactive ketones (excluding diaryl/α,β-unsaturated/α-hetero) is 1. The van der Waals surface area contributed by atoms with Crippen molar-refractivity contribution in [2.75, 3.05) is 6.61 Å². The highest BCUT2D eigenvalue weighted by molar-refractivity contribution is 6.38. The number of rotatable bonds is 5. The number of hydrogen-bond acceptors (Lipinski definition) is 5. The van der Waals surface area contributed by atoms with Gasteiger partial charge in [-0.1, -0.05) is 6.07 Å². The number of nitrogens with zero attached hydrogens (tertiary/aromatic N) is 1. The second-order valence-electron chi connectivity index (χ2n) is 2.95. The van der Waals surface area contributed by atoms with E-state index in [-0.39, 0.29) is 12.3 Å². The number of ketones is 1. The van der Waals surface area contributed by atoms with Crippen LogP contribution in [0.3, 0.4) is 0 Å². The summed E-state index contributed by atoms with van der Waals surface area (Å²) in [7, 11) is 0. The summed E-state index contributed by atoms with van der Waals surface area (Å²) < 4.78 is 4.53. The second kappa shape index (κ2) is 5.75. The number of carbonyl (C=O) groups is 3. The molecule has 1 rings (SSSR count). The van der Waals surface area contributed by atoms with Gasteiger partial charge in [0, 0.05) is 6.20 Å². The van der Waals surface area contributed by atoms with Gasteiger partial charge in [0.25, 0.3) is 5.78 Å². The minimum atomic E-state index is -1.18. The lowest BCUT2D eigenvalue weighted by atomic mass is 10.0. The van der Waals surface area contributed by atoms with Crippen molar-refractivity contribution in [3.8, 4) is 0 Å². The first-order valence-electron chi connectivity index (χ1n) is 4.78. The van der Waals surface area contributed by atoms with Gasteiger partial charge in [-0.3, -0.25) is 9.78 Å². The van der Waals surface area contributed by atoms with Crippen LogP contribution >= 0.6 is 0 Å². The minimum absolute atomic E-state index is 0.0956. The van der Waals surface area contributed by atoms with Gasteiger partial charge in [0.2, 0.25) is 0 Å². The Morgan fingerprint density at radius 3 is 2.75 bits per heavy atom. The molecule has 0 amide bonds. The van der Waals surface area contributed by atoms with Crippen molar-refractivity contribution in [1.29, 1.82) is 0 Å². The van der Waals surface area contributed by atoms with Crippen molar-refractivity contribution in [3.05, 3.63) is 30.1 Å². The Balaban J connectivity index is 2.87. The van der Waals surface area contributed by atoms with Crippen molar-refractivity contribution < 1.29 is 19.1 Å². The van der Waals surface area contributed by atoms with Crippen LogP contribution in [0.15, 0.2) is 24.4 Å². The van der Waals surface area contributed by atoms with E-state index in [0.717, 1.165) is 0 Å². The van der Waals surface area contributed by atoms with E-state index in [0.29, 0.717) is 6.29 Å². The predicted octanol–water partition coefficient (Wildman–Crippen LogP) is 0.496. The van der Waals surface area contributed by atoms with Crippen LogP contribution in [0, 0.1) is 0 Å². The summed E-state index contributed by atoms with van der Waals surface area (Å²) in [6.07, 6.45) is 1.84. The zero-order valence-electron chi connectivity index (χ0n) is 8.75. The fourth-order valence-electron chi connectivity index (χ4n) is 1.15. The molecule has 16 heavy (non-hydrogen) atoms. The summed E-state index contributed by atoms with van der Waals surface area (Å²) >= 11 is 0. The van der Waals surface area contributed by atoms with Gasteiger partial charge >= 0.3 is 5.97 Å². The average Bonchev–Trinajstić information content (AvgIpc) is 2.31. The maximum atomic E-state index is 11.5. The van der Waals surface area contributed by atoms with Gasteiger partial charge in [0.1, 0.15) is 12.2 Å². The number of aldehydes is 1. The van der Waals surface area contributed by atoms with E-state index in [9.17, 15) is 14.4 Å². The van der Waals surface area contributed by atoms with E-state index in [4.69, 9.17) is 0 Å². The Hall–Kier alpha value is -2.04. The molecule has 0 aliphatic heterocycles. The van der Waals surface area contributed by atoms with Crippen LogP contribution in [0.5, 0.6) is 0 Å². The Labute approximate surface area is 92.4 Å². The third kappa shape index (κ3) is 2.73. The Morgan fingerprint density at radius 1 is 1.50 bits per heavy atom. The largest absolute Gasteiger partial charge is 0.460 e. The number of aromatic nitrogens is 1. The summed E-state index contributed by atoms with van der Waals surface area (Å²) in [6, 6.07) is 4.80. The van der Waals surface area contributed by atoms with Crippen LogP contribution in [0.4, 0.5) is 0 Å². The molecule has 84 valence electrons. The third-order valence-corrected chi connectivity index (χ3v) is 1.90. The van der Waals surface area contributed by atoms with Crippen molar-refractivity contribution in [2.45, 2.75) is 12.8 Å². The second-order valence-corrected chi connectivity index (χ2v) is 2.95. The molecule has 0 aromatic carbocycles. The highest BCUT2D eigenvalue weighted by Gasteiger charge is 2.28. The molecule has 1 aromatic heterocycles. The van der Waals surface area contributed by atoms with Gasteiger partial charge in [0.05, 0.1) is 12.3 Å².